The average molecular weight is 377 g/mol. The Kier molecular flexibility index (Phi) is 5.72. The van der Waals surface area contributed by atoms with Crippen LogP contribution < -0.4 is 10.2 Å². The van der Waals surface area contributed by atoms with Crippen LogP contribution in [0.4, 0.5) is 5.69 Å². The minimum absolute atomic E-state index is 0.156. The fraction of sp³-hybridized carbons (Fsp3) is 0.391. The Labute approximate surface area is 166 Å². The summed E-state index contributed by atoms with van der Waals surface area (Å²) in [6, 6.07) is 17.7. The van der Waals surface area contributed by atoms with Gasteiger partial charge in [0.25, 0.3) is 0 Å². The smallest absolute Gasteiger partial charge is 0.244 e. The maximum absolute atomic E-state index is 13.1. The summed E-state index contributed by atoms with van der Waals surface area (Å²) in [7, 11) is 0. The van der Waals surface area contributed by atoms with Gasteiger partial charge in [-0.15, -0.1) is 0 Å². The highest BCUT2D eigenvalue weighted by molar-refractivity contribution is 5.95. The zero-order valence-corrected chi connectivity index (χ0v) is 16.1. The first-order valence-electron chi connectivity index (χ1n) is 10.2. The SMILES string of the molecule is O=C([C@H](NCc1ccc(N2CCCC2=O)cc1)c1ccccc1)N1CCCC1. The largest absolute Gasteiger partial charge is 0.341 e. The van der Waals surface area contributed by atoms with Crippen molar-refractivity contribution in [3.05, 3.63) is 65.7 Å². The summed E-state index contributed by atoms with van der Waals surface area (Å²) in [6.45, 7) is 3.11. The molecule has 0 saturated carbocycles. The van der Waals surface area contributed by atoms with E-state index in [0.717, 1.165) is 55.7 Å². The van der Waals surface area contributed by atoms with Gasteiger partial charge in [0, 0.05) is 38.3 Å². The number of hydrogen-bond acceptors (Lipinski definition) is 3. The molecule has 28 heavy (non-hydrogen) atoms. The number of benzene rings is 2. The van der Waals surface area contributed by atoms with E-state index in [4.69, 9.17) is 0 Å². The molecule has 0 aromatic heterocycles. The van der Waals surface area contributed by atoms with Gasteiger partial charge in [-0.2, -0.15) is 0 Å². The molecule has 0 bridgehead atoms. The molecule has 2 saturated heterocycles. The zero-order valence-electron chi connectivity index (χ0n) is 16.1. The number of amides is 2. The molecule has 0 radical (unpaired) electrons. The van der Waals surface area contributed by atoms with Gasteiger partial charge < -0.3 is 9.80 Å². The predicted octanol–water partition coefficient (Wildman–Crippen LogP) is 3.27. The lowest BCUT2D eigenvalue weighted by Gasteiger charge is -2.24. The molecule has 0 aliphatic carbocycles. The molecule has 2 aromatic rings. The maximum Gasteiger partial charge on any atom is 0.244 e. The molecule has 0 spiro atoms. The number of nitrogens with zero attached hydrogens (tertiary/aromatic N) is 2. The topological polar surface area (TPSA) is 52.7 Å². The summed E-state index contributed by atoms with van der Waals surface area (Å²) in [5.41, 5.74) is 3.06. The van der Waals surface area contributed by atoms with E-state index in [1.165, 1.54) is 0 Å². The molecule has 2 amide bonds. The number of hydrogen-bond donors (Lipinski definition) is 1. The predicted molar refractivity (Wildman–Crippen MR) is 110 cm³/mol. The first-order chi connectivity index (χ1) is 13.7. The monoisotopic (exact) mass is 377 g/mol. The minimum atomic E-state index is -0.334. The maximum atomic E-state index is 13.1. The minimum Gasteiger partial charge on any atom is -0.341 e. The normalized spacial score (nSPS) is 17.9. The van der Waals surface area contributed by atoms with Crippen molar-refractivity contribution in [3.8, 4) is 0 Å². The van der Waals surface area contributed by atoms with Crippen LogP contribution in [0.2, 0.25) is 0 Å². The van der Waals surface area contributed by atoms with E-state index in [-0.39, 0.29) is 17.9 Å². The van der Waals surface area contributed by atoms with Crippen molar-refractivity contribution in [2.24, 2.45) is 0 Å². The van der Waals surface area contributed by atoms with Gasteiger partial charge in [0.05, 0.1) is 0 Å². The number of rotatable bonds is 6. The fourth-order valence-corrected chi connectivity index (χ4v) is 4.05. The lowest BCUT2D eigenvalue weighted by Crippen LogP contribution is -2.39. The third-order valence-corrected chi connectivity index (χ3v) is 5.63. The Hall–Kier alpha value is -2.66. The Morgan fingerprint density at radius 2 is 1.64 bits per heavy atom. The van der Waals surface area contributed by atoms with Gasteiger partial charge in [-0.25, -0.2) is 0 Å². The van der Waals surface area contributed by atoms with Gasteiger partial charge in [0.1, 0.15) is 6.04 Å². The molecular formula is C23H27N3O2. The molecule has 1 N–H and O–H groups in total. The number of carbonyl (C=O) groups excluding carboxylic acids is 2. The highest BCUT2D eigenvalue weighted by Crippen LogP contribution is 2.23. The zero-order chi connectivity index (χ0) is 19.3. The highest BCUT2D eigenvalue weighted by Gasteiger charge is 2.27. The quantitative estimate of drug-likeness (QED) is 0.841. The van der Waals surface area contributed by atoms with Crippen LogP contribution in [0.25, 0.3) is 0 Å². The molecule has 4 rings (SSSR count). The van der Waals surface area contributed by atoms with Crippen molar-refractivity contribution in [2.75, 3.05) is 24.5 Å². The molecule has 1 atom stereocenters. The molecule has 5 nitrogen and oxygen atoms in total. The van der Waals surface area contributed by atoms with Crippen LogP contribution in [-0.2, 0) is 16.1 Å². The van der Waals surface area contributed by atoms with E-state index in [1.54, 1.807) is 0 Å². The molecule has 2 aliphatic heterocycles. The van der Waals surface area contributed by atoms with Crippen LogP contribution in [0.15, 0.2) is 54.6 Å². The van der Waals surface area contributed by atoms with Crippen LogP contribution in [0.3, 0.4) is 0 Å². The molecule has 2 aliphatic rings. The first-order valence-corrected chi connectivity index (χ1v) is 10.2. The summed E-state index contributed by atoms with van der Waals surface area (Å²) in [4.78, 5) is 28.8. The highest BCUT2D eigenvalue weighted by atomic mass is 16.2. The standard InChI is InChI=1S/C23H27N3O2/c27-21-9-6-16-26(21)20-12-10-18(11-13-20)17-24-22(19-7-2-1-3-8-19)23(28)25-14-4-5-15-25/h1-3,7-8,10-13,22,24H,4-6,9,14-17H2/t22-/m1/s1. The number of anilines is 1. The van der Waals surface area contributed by atoms with Crippen molar-refractivity contribution in [3.63, 3.8) is 0 Å². The van der Waals surface area contributed by atoms with E-state index in [0.29, 0.717) is 13.0 Å². The van der Waals surface area contributed by atoms with E-state index in [1.807, 2.05) is 64.4 Å². The van der Waals surface area contributed by atoms with Crippen molar-refractivity contribution in [1.82, 2.24) is 10.2 Å². The average Bonchev–Trinajstić information content (AvgIpc) is 3.41. The number of nitrogens with one attached hydrogen (secondary N) is 1. The Morgan fingerprint density at radius 3 is 2.29 bits per heavy atom. The lowest BCUT2D eigenvalue weighted by atomic mass is 10.0. The molecule has 0 unspecified atom stereocenters. The third-order valence-electron chi connectivity index (χ3n) is 5.63. The second kappa shape index (κ2) is 8.57. The van der Waals surface area contributed by atoms with Gasteiger partial charge in [-0.1, -0.05) is 42.5 Å². The second-order valence-electron chi connectivity index (χ2n) is 7.57. The summed E-state index contributed by atoms with van der Waals surface area (Å²) in [6.07, 6.45) is 3.74. The van der Waals surface area contributed by atoms with Gasteiger partial charge in [-0.3, -0.25) is 14.9 Å². The lowest BCUT2D eigenvalue weighted by molar-refractivity contribution is -0.132. The van der Waals surface area contributed by atoms with Crippen LogP contribution in [0.1, 0.15) is 42.9 Å². The van der Waals surface area contributed by atoms with Crippen molar-refractivity contribution in [1.29, 1.82) is 0 Å². The van der Waals surface area contributed by atoms with E-state index < -0.39 is 0 Å². The Morgan fingerprint density at radius 1 is 0.929 bits per heavy atom. The summed E-state index contributed by atoms with van der Waals surface area (Å²) < 4.78 is 0. The molecule has 2 fully saturated rings. The van der Waals surface area contributed by atoms with Crippen LogP contribution in [-0.4, -0.2) is 36.3 Å². The van der Waals surface area contributed by atoms with E-state index in [2.05, 4.69) is 5.32 Å². The molecule has 2 aromatic carbocycles. The third kappa shape index (κ3) is 4.09. The number of carbonyl (C=O) groups is 2. The fourth-order valence-electron chi connectivity index (χ4n) is 4.05. The van der Waals surface area contributed by atoms with Gasteiger partial charge in [-0.05, 0) is 42.5 Å². The second-order valence-corrected chi connectivity index (χ2v) is 7.57. The summed E-state index contributed by atoms with van der Waals surface area (Å²) in [5, 5.41) is 3.46. The molecule has 146 valence electrons. The van der Waals surface area contributed by atoms with E-state index in [9.17, 15) is 9.59 Å². The Balaban J connectivity index is 1.45. The van der Waals surface area contributed by atoms with Crippen LogP contribution in [0, 0.1) is 0 Å². The summed E-state index contributed by atoms with van der Waals surface area (Å²) in [5.74, 6) is 0.356. The Bertz CT molecular complexity index is 814. The van der Waals surface area contributed by atoms with Crippen LogP contribution >= 0.6 is 0 Å². The van der Waals surface area contributed by atoms with Gasteiger partial charge in [0.15, 0.2) is 0 Å². The van der Waals surface area contributed by atoms with Crippen molar-refractivity contribution < 1.29 is 9.59 Å². The van der Waals surface area contributed by atoms with Crippen molar-refractivity contribution in [2.45, 2.75) is 38.3 Å². The van der Waals surface area contributed by atoms with Crippen molar-refractivity contribution >= 4 is 17.5 Å². The first kappa shape index (κ1) is 18.7. The van der Waals surface area contributed by atoms with Gasteiger partial charge >= 0.3 is 0 Å². The van der Waals surface area contributed by atoms with Crippen LogP contribution in [0.5, 0.6) is 0 Å². The van der Waals surface area contributed by atoms with E-state index >= 15 is 0 Å². The number of likely N-dealkylation sites (tertiary alicyclic amines) is 1. The summed E-state index contributed by atoms with van der Waals surface area (Å²) >= 11 is 0. The van der Waals surface area contributed by atoms with Gasteiger partial charge in [0.2, 0.25) is 11.8 Å². The molecule has 5 heteroatoms. The molecular weight excluding hydrogens is 350 g/mol. The molecule has 2 heterocycles.